The van der Waals surface area contributed by atoms with Gasteiger partial charge in [0.05, 0.1) is 0 Å². The molecule has 0 radical (unpaired) electrons. The summed E-state index contributed by atoms with van der Waals surface area (Å²) in [5.74, 6) is 0. The Morgan fingerprint density at radius 3 is 2.26 bits per heavy atom. The lowest BCUT2D eigenvalue weighted by Crippen LogP contribution is -2.54. The summed E-state index contributed by atoms with van der Waals surface area (Å²) in [6.07, 6.45) is -3.78. The molecule has 0 amide bonds. The molecule has 0 aliphatic carbocycles. The lowest BCUT2D eigenvalue weighted by molar-refractivity contribution is -0.140. The van der Waals surface area contributed by atoms with E-state index in [1.54, 1.807) is 13.8 Å². The SMILES string of the molecule is CC(C)NS(=O)(=O)N(CC(F)(F)F)C1CCNCC1. The molecule has 0 saturated carbocycles. The van der Waals surface area contributed by atoms with Gasteiger partial charge in [-0.1, -0.05) is 0 Å². The number of nitrogens with zero attached hydrogens (tertiary/aromatic N) is 1. The summed E-state index contributed by atoms with van der Waals surface area (Å²) in [7, 11) is -4.12. The first-order valence-electron chi connectivity index (χ1n) is 6.18. The number of halogens is 3. The van der Waals surface area contributed by atoms with Crippen LogP contribution in [0.4, 0.5) is 13.2 Å². The van der Waals surface area contributed by atoms with Gasteiger partial charge in [-0.2, -0.15) is 30.6 Å². The van der Waals surface area contributed by atoms with Crippen LogP contribution in [0.3, 0.4) is 0 Å². The molecule has 9 heteroatoms. The van der Waals surface area contributed by atoms with Crippen LogP contribution in [-0.4, -0.2) is 50.6 Å². The lowest BCUT2D eigenvalue weighted by Gasteiger charge is -2.34. The molecule has 0 atom stereocenters. The molecule has 2 N–H and O–H groups in total. The molecule has 0 unspecified atom stereocenters. The van der Waals surface area contributed by atoms with Gasteiger partial charge in [0.2, 0.25) is 0 Å². The minimum Gasteiger partial charge on any atom is -0.317 e. The third kappa shape index (κ3) is 5.64. The van der Waals surface area contributed by atoms with Gasteiger partial charge in [-0.15, -0.1) is 0 Å². The largest absolute Gasteiger partial charge is 0.402 e. The Labute approximate surface area is 111 Å². The zero-order valence-corrected chi connectivity index (χ0v) is 11.8. The van der Waals surface area contributed by atoms with E-state index in [1.165, 1.54) is 0 Å². The molecule has 1 heterocycles. The Morgan fingerprint density at radius 2 is 1.84 bits per heavy atom. The van der Waals surface area contributed by atoms with Crippen LogP contribution in [0.1, 0.15) is 26.7 Å². The number of piperidine rings is 1. The Bertz CT molecular complexity index is 378. The molecule has 1 saturated heterocycles. The van der Waals surface area contributed by atoms with Gasteiger partial charge in [-0.25, -0.2) is 0 Å². The van der Waals surface area contributed by atoms with E-state index in [4.69, 9.17) is 0 Å². The van der Waals surface area contributed by atoms with E-state index in [0.717, 1.165) is 0 Å². The van der Waals surface area contributed by atoms with E-state index in [9.17, 15) is 21.6 Å². The van der Waals surface area contributed by atoms with Crippen molar-refractivity contribution in [3.05, 3.63) is 0 Å². The maximum absolute atomic E-state index is 12.6. The maximum atomic E-state index is 12.6. The third-order valence-corrected chi connectivity index (χ3v) is 4.56. The zero-order valence-electron chi connectivity index (χ0n) is 11.0. The fourth-order valence-corrected chi connectivity index (χ4v) is 3.70. The Balaban J connectivity index is 2.90. The van der Waals surface area contributed by atoms with Gasteiger partial charge in [0, 0.05) is 12.1 Å². The lowest BCUT2D eigenvalue weighted by atomic mass is 10.1. The highest BCUT2D eigenvalue weighted by atomic mass is 32.2. The van der Waals surface area contributed by atoms with Gasteiger partial charge in [0.1, 0.15) is 6.54 Å². The van der Waals surface area contributed by atoms with Crippen molar-refractivity contribution in [2.24, 2.45) is 0 Å². The Morgan fingerprint density at radius 1 is 1.32 bits per heavy atom. The summed E-state index contributed by atoms with van der Waals surface area (Å²) in [4.78, 5) is 0. The quantitative estimate of drug-likeness (QED) is 0.791. The standard InChI is InChI=1S/C10H20F3N3O2S/c1-8(2)15-19(17,18)16(7-10(11,12)13)9-3-5-14-6-4-9/h8-9,14-15H,3-7H2,1-2H3. The summed E-state index contributed by atoms with van der Waals surface area (Å²) < 4.78 is 64.5. The molecule has 0 spiro atoms. The topological polar surface area (TPSA) is 61.4 Å². The normalized spacial score (nSPS) is 19.3. The molecular weight excluding hydrogens is 283 g/mol. The molecule has 0 bridgehead atoms. The first-order chi connectivity index (χ1) is 8.62. The molecule has 0 aromatic heterocycles. The van der Waals surface area contributed by atoms with E-state index in [2.05, 4.69) is 10.0 Å². The van der Waals surface area contributed by atoms with Crippen molar-refractivity contribution in [3.8, 4) is 0 Å². The van der Waals surface area contributed by atoms with Crippen molar-refractivity contribution in [3.63, 3.8) is 0 Å². The van der Waals surface area contributed by atoms with Crippen molar-refractivity contribution in [2.75, 3.05) is 19.6 Å². The zero-order chi connectivity index (χ0) is 14.7. The fraction of sp³-hybridized carbons (Fsp3) is 1.00. The molecule has 1 aliphatic rings. The second kappa shape index (κ2) is 6.38. The van der Waals surface area contributed by atoms with Crippen molar-refractivity contribution < 1.29 is 21.6 Å². The average molecular weight is 303 g/mol. The van der Waals surface area contributed by atoms with Crippen LogP contribution in [0, 0.1) is 0 Å². The van der Waals surface area contributed by atoms with E-state index in [-0.39, 0.29) is 0 Å². The summed E-state index contributed by atoms with van der Waals surface area (Å²) in [6.45, 7) is 2.75. The summed E-state index contributed by atoms with van der Waals surface area (Å²) in [5.41, 5.74) is 0. The van der Waals surface area contributed by atoms with Gasteiger partial charge >= 0.3 is 6.18 Å². The summed E-state index contributed by atoms with van der Waals surface area (Å²) in [5, 5.41) is 3.00. The first kappa shape index (κ1) is 16.7. The van der Waals surface area contributed by atoms with Crippen LogP contribution < -0.4 is 10.0 Å². The van der Waals surface area contributed by atoms with Crippen LogP contribution in [0.25, 0.3) is 0 Å². The number of hydrogen-bond donors (Lipinski definition) is 2. The molecular formula is C10H20F3N3O2S. The number of hydrogen-bond acceptors (Lipinski definition) is 3. The van der Waals surface area contributed by atoms with Crippen molar-refractivity contribution in [2.45, 2.75) is 44.9 Å². The number of nitrogens with one attached hydrogen (secondary N) is 2. The molecule has 1 aliphatic heterocycles. The van der Waals surface area contributed by atoms with Crippen LogP contribution in [0.15, 0.2) is 0 Å². The minimum atomic E-state index is -4.55. The monoisotopic (exact) mass is 303 g/mol. The molecule has 0 aromatic rings. The van der Waals surface area contributed by atoms with Crippen LogP contribution in [0.2, 0.25) is 0 Å². The van der Waals surface area contributed by atoms with Crippen LogP contribution in [0.5, 0.6) is 0 Å². The highest BCUT2D eigenvalue weighted by molar-refractivity contribution is 7.87. The molecule has 19 heavy (non-hydrogen) atoms. The smallest absolute Gasteiger partial charge is 0.317 e. The summed E-state index contributed by atoms with van der Waals surface area (Å²) >= 11 is 0. The molecule has 1 rings (SSSR count). The molecule has 5 nitrogen and oxygen atoms in total. The summed E-state index contributed by atoms with van der Waals surface area (Å²) in [6, 6.07) is -1.05. The predicted octanol–water partition coefficient (Wildman–Crippen LogP) is 0.845. The Hall–Kier alpha value is -0.380. The van der Waals surface area contributed by atoms with E-state index in [1.807, 2.05) is 0 Å². The van der Waals surface area contributed by atoms with Crippen LogP contribution in [-0.2, 0) is 10.2 Å². The molecule has 1 fully saturated rings. The molecule has 0 aromatic carbocycles. The van der Waals surface area contributed by atoms with Crippen molar-refractivity contribution in [1.82, 2.24) is 14.3 Å². The van der Waals surface area contributed by atoms with Gasteiger partial charge in [0.25, 0.3) is 10.2 Å². The van der Waals surface area contributed by atoms with Crippen LogP contribution >= 0.6 is 0 Å². The second-order valence-corrected chi connectivity index (χ2v) is 6.57. The minimum absolute atomic E-state index is 0.384. The third-order valence-electron chi connectivity index (χ3n) is 2.74. The van der Waals surface area contributed by atoms with Gasteiger partial charge in [0.15, 0.2) is 0 Å². The fourth-order valence-electron chi connectivity index (χ4n) is 2.05. The van der Waals surface area contributed by atoms with E-state index in [0.29, 0.717) is 30.2 Å². The van der Waals surface area contributed by atoms with Gasteiger partial charge < -0.3 is 5.32 Å². The number of alkyl halides is 3. The highest BCUT2D eigenvalue weighted by Gasteiger charge is 2.40. The van der Waals surface area contributed by atoms with E-state index >= 15 is 0 Å². The maximum Gasteiger partial charge on any atom is 0.402 e. The van der Waals surface area contributed by atoms with Gasteiger partial charge in [-0.05, 0) is 39.8 Å². The van der Waals surface area contributed by atoms with Gasteiger partial charge in [-0.3, -0.25) is 0 Å². The van der Waals surface area contributed by atoms with Crippen molar-refractivity contribution in [1.29, 1.82) is 0 Å². The Kier molecular flexibility index (Phi) is 5.60. The first-order valence-corrected chi connectivity index (χ1v) is 7.62. The van der Waals surface area contributed by atoms with Crippen molar-refractivity contribution >= 4 is 10.2 Å². The average Bonchev–Trinajstić information content (AvgIpc) is 2.24. The predicted molar refractivity (Wildman–Crippen MR) is 65.8 cm³/mol. The molecule has 114 valence electrons. The van der Waals surface area contributed by atoms with E-state index < -0.39 is 35.0 Å². The highest BCUT2D eigenvalue weighted by Crippen LogP contribution is 2.23. The second-order valence-electron chi connectivity index (χ2n) is 4.92. The number of rotatable bonds is 5.